The Kier molecular flexibility index (Phi) is 5.84. The highest BCUT2D eigenvalue weighted by atomic mass is 16.2. The van der Waals surface area contributed by atoms with Crippen LogP contribution < -0.4 is 10.6 Å². The van der Waals surface area contributed by atoms with Crippen molar-refractivity contribution in [2.24, 2.45) is 0 Å². The van der Waals surface area contributed by atoms with Crippen LogP contribution in [0, 0.1) is 6.92 Å². The Labute approximate surface area is 163 Å². The largest absolute Gasteiger partial charge is 0.354 e. The number of aromatic nitrogens is 3. The number of hydrogen-bond acceptors (Lipinski definition) is 4. The lowest BCUT2D eigenvalue weighted by molar-refractivity contribution is -0.119. The highest BCUT2D eigenvalue weighted by Gasteiger charge is 2.14. The molecule has 0 bridgehead atoms. The molecule has 7 nitrogen and oxygen atoms in total. The molecule has 0 saturated carbocycles. The standard InChI is InChI=1S/C21H23N5O2/c1-14-9-10-17(11-19(14)21(28)23-18-7-5-4-6-8-18)20-13-26(25-24-20)15(2)12-22-16(3)27/h4-11,13,15H,12H2,1-3H3,(H,22,27)(H,23,28)/t15-/m0/s1. The van der Waals surface area contributed by atoms with Crippen LogP contribution in [0.5, 0.6) is 0 Å². The Hall–Kier alpha value is -3.48. The third-order valence-electron chi connectivity index (χ3n) is 4.42. The van der Waals surface area contributed by atoms with E-state index in [1.165, 1.54) is 6.92 Å². The predicted octanol–water partition coefficient (Wildman–Crippen LogP) is 3.20. The van der Waals surface area contributed by atoms with Crippen LogP contribution in [0.25, 0.3) is 11.3 Å². The van der Waals surface area contributed by atoms with Crippen molar-refractivity contribution in [3.63, 3.8) is 0 Å². The molecular weight excluding hydrogens is 354 g/mol. The van der Waals surface area contributed by atoms with E-state index < -0.39 is 0 Å². The second-order valence-electron chi connectivity index (χ2n) is 6.72. The summed E-state index contributed by atoms with van der Waals surface area (Å²) in [5.41, 5.74) is 3.69. The zero-order chi connectivity index (χ0) is 20.1. The highest BCUT2D eigenvalue weighted by Crippen LogP contribution is 2.22. The van der Waals surface area contributed by atoms with Gasteiger partial charge in [-0.05, 0) is 37.6 Å². The maximum absolute atomic E-state index is 12.7. The monoisotopic (exact) mass is 377 g/mol. The molecule has 28 heavy (non-hydrogen) atoms. The molecule has 0 saturated heterocycles. The van der Waals surface area contributed by atoms with E-state index in [1.807, 2.05) is 68.6 Å². The summed E-state index contributed by atoms with van der Waals surface area (Å²) in [5, 5.41) is 14.0. The molecule has 0 unspecified atom stereocenters. The number of hydrogen-bond donors (Lipinski definition) is 2. The van der Waals surface area contributed by atoms with Crippen molar-refractivity contribution in [2.45, 2.75) is 26.8 Å². The van der Waals surface area contributed by atoms with Gasteiger partial charge in [-0.2, -0.15) is 0 Å². The van der Waals surface area contributed by atoms with Crippen LogP contribution in [0.4, 0.5) is 5.69 Å². The molecule has 3 rings (SSSR count). The summed E-state index contributed by atoms with van der Waals surface area (Å²) >= 11 is 0. The molecule has 0 aliphatic rings. The van der Waals surface area contributed by atoms with Crippen molar-refractivity contribution in [1.29, 1.82) is 0 Å². The summed E-state index contributed by atoms with van der Waals surface area (Å²) in [7, 11) is 0. The Morgan fingerprint density at radius 1 is 1.14 bits per heavy atom. The van der Waals surface area contributed by atoms with Gasteiger partial charge < -0.3 is 10.6 Å². The Morgan fingerprint density at radius 2 is 1.89 bits per heavy atom. The van der Waals surface area contributed by atoms with Gasteiger partial charge in [0.25, 0.3) is 5.91 Å². The smallest absolute Gasteiger partial charge is 0.255 e. The third kappa shape index (κ3) is 4.62. The molecule has 3 aromatic rings. The number of para-hydroxylation sites is 1. The SMILES string of the molecule is CC(=O)NC[C@H](C)n1cc(-c2ccc(C)c(C(=O)Nc3ccccc3)c2)nn1. The van der Waals surface area contributed by atoms with Crippen LogP contribution in [0.15, 0.2) is 54.7 Å². The summed E-state index contributed by atoms with van der Waals surface area (Å²) in [5.74, 6) is -0.253. The maximum Gasteiger partial charge on any atom is 0.255 e. The maximum atomic E-state index is 12.7. The Bertz CT molecular complexity index is 981. The molecule has 2 N–H and O–H groups in total. The van der Waals surface area contributed by atoms with Crippen LogP contribution in [0.3, 0.4) is 0 Å². The number of anilines is 1. The van der Waals surface area contributed by atoms with E-state index in [9.17, 15) is 9.59 Å². The van der Waals surface area contributed by atoms with Gasteiger partial charge in [0, 0.05) is 30.3 Å². The topological polar surface area (TPSA) is 88.9 Å². The summed E-state index contributed by atoms with van der Waals surface area (Å²) in [6.45, 7) is 5.79. The van der Waals surface area contributed by atoms with Gasteiger partial charge in [-0.1, -0.05) is 35.5 Å². The van der Waals surface area contributed by atoms with E-state index in [1.54, 1.807) is 4.68 Å². The molecular formula is C21H23N5O2. The minimum absolute atomic E-state index is 0.0311. The molecule has 1 atom stereocenters. The van der Waals surface area contributed by atoms with E-state index in [4.69, 9.17) is 0 Å². The van der Waals surface area contributed by atoms with Crippen LogP contribution >= 0.6 is 0 Å². The van der Waals surface area contributed by atoms with Crippen molar-refractivity contribution in [3.05, 3.63) is 65.9 Å². The normalized spacial score (nSPS) is 11.7. The van der Waals surface area contributed by atoms with Gasteiger partial charge in [-0.15, -0.1) is 5.10 Å². The summed E-state index contributed by atoms with van der Waals surface area (Å²) in [4.78, 5) is 23.8. The van der Waals surface area contributed by atoms with E-state index in [0.717, 1.165) is 16.8 Å². The number of rotatable bonds is 6. The Morgan fingerprint density at radius 3 is 2.61 bits per heavy atom. The minimum atomic E-state index is -0.169. The summed E-state index contributed by atoms with van der Waals surface area (Å²) in [6, 6.07) is 14.9. The van der Waals surface area contributed by atoms with E-state index in [0.29, 0.717) is 17.8 Å². The van der Waals surface area contributed by atoms with Gasteiger partial charge in [0.2, 0.25) is 5.91 Å². The van der Waals surface area contributed by atoms with Gasteiger partial charge in [-0.3, -0.25) is 9.59 Å². The van der Waals surface area contributed by atoms with Crippen molar-refractivity contribution in [2.75, 3.05) is 11.9 Å². The molecule has 2 amide bonds. The second kappa shape index (κ2) is 8.47. The fourth-order valence-electron chi connectivity index (χ4n) is 2.76. The van der Waals surface area contributed by atoms with E-state index >= 15 is 0 Å². The average molecular weight is 377 g/mol. The van der Waals surface area contributed by atoms with Crippen molar-refractivity contribution < 1.29 is 9.59 Å². The molecule has 144 valence electrons. The number of amides is 2. The first kappa shape index (κ1) is 19.3. The van der Waals surface area contributed by atoms with Crippen LogP contribution in [-0.4, -0.2) is 33.4 Å². The molecule has 1 heterocycles. The van der Waals surface area contributed by atoms with Gasteiger partial charge in [-0.25, -0.2) is 4.68 Å². The first-order chi connectivity index (χ1) is 13.4. The molecule has 0 aliphatic carbocycles. The van der Waals surface area contributed by atoms with Gasteiger partial charge >= 0.3 is 0 Å². The number of aryl methyl sites for hydroxylation is 1. The molecule has 0 fully saturated rings. The van der Waals surface area contributed by atoms with E-state index in [2.05, 4.69) is 20.9 Å². The van der Waals surface area contributed by atoms with Crippen molar-refractivity contribution in [3.8, 4) is 11.3 Å². The van der Waals surface area contributed by atoms with Crippen molar-refractivity contribution >= 4 is 17.5 Å². The van der Waals surface area contributed by atoms with Gasteiger partial charge in [0.05, 0.1) is 12.2 Å². The van der Waals surface area contributed by atoms with Gasteiger partial charge in [0.1, 0.15) is 5.69 Å². The average Bonchev–Trinajstić information content (AvgIpc) is 3.17. The van der Waals surface area contributed by atoms with E-state index in [-0.39, 0.29) is 17.9 Å². The zero-order valence-corrected chi connectivity index (χ0v) is 16.1. The second-order valence-corrected chi connectivity index (χ2v) is 6.72. The summed E-state index contributed by atoms with van der Waals surface area (Å²) in [6.07, 6.45) is 1.82. The number of nitrogens with zero attached hydrogens (tertiary/aromatic N) is 3. The lowest BCUT2D eigenvalue weighted by atomic mass is 10.0. The van der Waals surface area contributed by atoms with Crippen molar-refractivity contribution in [1.82, 2.24) is 20.3 Å². The number of carbonyl (C=O) groups excluding carboxylic acids is 2. The minimum Gasteiger partial charge on any atom is -0.354 e. The quantitative estimate of drug-likeness (QED) is 0.690. The molecule has 0 aliphatic heterocycles. The molecule has 2 aromatic carbocycles. The molecule has 1 aromatic heterocycles. The number of carbonyl (C=O) groups is 2. The fraction of sp³-hybridized carbons (Fsp3) is 0.238. The predicted molar refractivity (Wildman–Crippen MR) is 108 cm³/mol. The lowest BCUT2D eigenvalue weighted by Crippen LogP contribution is -2.27. The Balaban J connectivity index is 1.79. The molecule has 0 spiro atoms. The van der Waals surface area contributed by atoms with Gasteiger partial charge in [0.15, 0.2) is 0 Å². The molecule has 0 radical (unpaired) electrons. The fourth-order valence-corrected chi connectivity index (χ4v) is 2.76. The van der Waals surface area contributed by atoms with Crippen LogP contribution in [0.2, 0.25) is 0 Å². The molecule has 7 heteroatoms. The number of nitrogens with one attached hydrogen (secondary N) is 2. The van der Waals surface area contributed by atoms with Crippen LogP contribution in [0.1, 0.15) is 35.8 Å². The lowest BCUT2D eigenvalue weighted by Gasteiger charge is -2.11. The summed E-state index contributed by atoms with van der Waals surface area (Å²) < 4.78 is 1.70. The first-order valence-electron chi connectivity index (χ1n) is 9.07. The third-order valence-corrected chi connectivity index (χ3v) is 4.42. The highest BCUT2D eigenvalue weighted by molar-refractivity contribution is 6.05. The first-order valence-corrected chi connectivity index (χ1v) is 9.07. The zero-order valence-electron chi connectivity index (χ0n) is 16.1. The number of benzene rings is 2. The van der Waals surface area contributed by atoms with Crippen LogP contribution in [-0.2, 0) is 4.79 Å².